The quantitative estimate of drug-likeness (QED) is 0.702. The molecule has 2 heterocycles. The van der Waals surface area contributed by atoms with Crippen molar-refractivity contribution in [1.29, 1.82) is 0 Å². The SMILES string of the molecule is CC(c1c(N)ccc2oc(N)nc12)C1CCNC1. The third kappa shape index (κ3) is 1.71. The maximum atomic E-state index is 6.12. The molecule has 1 fully saturated rings. The fourth-order valence-electron chi connectivity index (χ4n) is 2.86. The second-order valence-corrected chi connectivity index (χ2v) is 5.01. The van der Waals surface area contributed by atoms with Gasteiger partial charge in [0.15, 0.2) is 5.58 Å². The number of hydrogen-bond acceptors (Lipinski definition) is 5. The largest absolute Gasteiger partial charge is 0.424 e. The lowest BCUT2D eigenvalue weighted by atomic mass is 9.85. The molecule has 5 heteroatoms. The molecule has 0 saturated carbocycles. The van der Waals surface area contributed by atoms with Crippen LogP contribution in [-0.2, 0) is 0 Å². The molecule has 2 unspecified atom stereocenters. The standard InChI is InChI=1S/C13H18N4O/c1-7(8-4-5-16-6-8)11-9(14)2-3-10-12(11)17-13(15)18-10/h2-3,7-8,16H,4-6,14H2,1H3,(H2,15,17). The Morgan fingerprint density at radius 3 is 3.00 bits per heavy atom. The highest BCUT2D eigenvalue weighted by molar-refractivity contribution is 5.84. The number of nitrogens with two attached hydrogens (primary N) is 2. The van der Waals surface area contributed by atoms with E-state index in [-0.39, 0.29) is 6.01 Å². The number of anilines is 2. The van der Waals surface area contributed by atoms with E-state index in [1.54, 1.807) is 0 Å². The Bertz CT molecular complexity index is 572. The molecule has 1 saturated heterocycles. The maximum Gasteiger partial charge on any atom is 0.292 e. The minimum atomic E-state index is 0.202. The van der Waals surface area contributed by atoms with Gasteiger partial charge >= 0.3 is 0 Å². The van der Waals surface area contributed by atoms with Crippen molar-refractivity contribution < 1.29 is 4.42 Å². The minimum Gasteiger partial charge on any atom is -0.424 e. The summed E-state index contributed by atoms with van der Waals surface area (Å²) in [6, 6.07) is 3.91. The molecule has 1 aliphatic heterocycles. The molecule has 0 bridgehead atoms. The maximum absolute atomic E-state index is 6.12. The summed E-state index contributed by atoms with van der Waals surface area (Å²) >= 11 is 0. The molecule has 5 nitrogen and oxygen atoms in total. The van der Waals surface area contributed by atoms with Gasteiger partial charge in [-0.2, -0.15) is 4.98 Å². The van der Waals surface area contributed by atoms with Crippen LogP contribution in [0.4, 0.5) is 11.7 Å². The molecule has 2 atom stereocenters. The number of aromatic nitrogens is 1. The third-order valence-corrected chi connectivity index (χ3v) is 3.91. The van der Waals surface area contributed by atoms with E-state index in [4.69, 9.17) is 15.9 Å². The summed E-state index contributed by atoms with van der Waals surface area (Å²) in [5.74, 6) is 0.948. The lowest BCUT2D eigenvalue weighted by Crippen LogP contribution is -2.15. The molecule has 0 spiro atoms. The summed E-state index contributed by atoms with van der Waals surface area (Å²) in [5.41, 5.74) is 15.1. The highest BCUT2D eigenvalue weighted by atomic mass is 16.4. The highest BCUT2D eigenvalue weighted by Crippen LogP contribution is 2.37. The predicted molar refractivity (Wildman–Crippen MR) is 72.2 cm³/mol. The van der Waals surface area contributed by atoms with Gasteiger partial charge in [-0.25, -0.2) is 0 Å². The lowest BCUT2D eigenvalue weighted by molar-refractivity contribution is 0.490. The monoisotopic (exact) mass is 246 g/mol. The van der Waals surface area contributed by atoms with Crippen molar-refractivity contribution in [3.8, 4) is 0 Å². The van der Waals surface area contributed by atoms with Gasteiger partial charge in [-0.15, -0.1) is 0 Å². The van der Waals surface area contributed by atoms with Crippen molar-refractivity contribution in [3.05, 3.63) is 17.7 Å². The lowest BCUT2D eigenvalue weighted by Gasteiger charge is -2.20. The fourth-order valence-corrected chi connectivity index (χ4v) is 2.86. The molecule has 2 aromatic rings. The Morgan fingerprint density at radius 2 is 2.28 bits per heavy atom. The highest BCUT2D eigenvalue weighted by Gasteiger charge is 2.26. The van der Waals surface area contributed by atoms with Gasteiger partial charge in [-0.1, -0.05) is 6.92 Å². The van der Waals surface area contributed by atoms with Gasteiger partial charge in [0.25, 0.3) is 6.01 Å². The zero-order valence-corrected chi connectivity index (χ0v) is 10.4. The van der Waals surface area contributed by atoms with E-state index >= 15 is 0 Å². The van der Waals surface area contributed by atoms with E-state index in [1.807, 2.05) is 12.1 Å². The van der Waals surface area contributed by atoms with Crippen molar-refractivity contribution in [1.82, 2.24) is 10.3 Å². The van der Waals surface area contributed by atoms with Gasteiger partial charge in [0.2, 0.25) is 0 Å². The first-order chi connectivity index (χ1) is 8.66. The zero-order chi connectivity index (χ0) is 12.7. The number of hydrogen-bond donors (Lipinski definition) is 3. The van der Waals surface area contributed by atoms with Crippen LogP contribution in [0, 0.1) is 5.92 Å². The molecule has 96 valence electrons. The first-order valence-electron chi connectivity index (χ1n) is 6.32. The molecular formula is C13H18N4O. The first-order valence-corrected chi connectivity index (χ1v) is 6.32. The molecule has 18 heavy (non-hydrogen) atoms. The van der Waals surface area contributed by atoms with Crippen LogP contribution in [0.5, 0.6) is 0 Å². The normalized spacial score (nSPS) is 21.5. The van der Waals surface area contributed by atoms with E-state index in [0.717, 1.165) is 35.4 Å². The van der Waals surface area contributed by atoms with Crippen molar-refractivity contribution in [3.63, 3.8) is 0 Å². The second kappa shape index (κ2) is 4.17. The van der Waals surface area contributed by atoms with Gasteiger partial charge in [0.05, 0.1) is 0 Å². The number of oxazole rings is 1. The first kappa shape index (κ1) is 11.3. The Kier molecular flexibility index (Phi) is 2.63. The number of nitrogen functional groups attached to an aromatic ring is 2. The van der Waals surface area contributed by atoms with Crippen molar-refractivity contribution >= 4 is 22.8 Å². The average Bonchev–Trinajstić information content (AvgIpc) is 2.95. The Hall–Kier alpha value is -1.75. The summed E-state index contributed by atoms with van der Waals surface area (Å²) < 4.78 is 5.37. The Morgan fingerprint density at radius 1 is 1.44 bits per heavy atom. The van der Waals surface area contributed by atoms with Crippen LogP contribution >= 0.6 is 0 Å². The average molecular weight is 246 g/mol. The van der Waals surface area contributed by atoms with Crippen LogP contribution in [-0.4, -0.2) is 18.1 Å². The zero-order valence-electron chi connectivity index (χ0n) is 10.4. The molecule has 1 aliphatic rings. The van der Waals surface area contributed by atoms with Crippen LogP contribution in [0.2, 0.25) is 0 Å². The summed E-state index contributed by atoms with van der Waals surface area (Å²) in [7, 11) is 0. The Balaban J connectivity index is 2.11. The Labute approximate surface area is 106 Å². The van der Waals surface area contributed by atoms with E-state index in [1.165, 1.54) is 6.42 Å². The molecule has 0 amide bonds. The van der Waals surface area contributed by atoms with Crippen LogP contribution in [0.3, 0.4) is 0 Å². The summed E-state index contributed by atoms with van der Waals surface area (Å²) in [6.07, 6.45) is 1.17. The topological polar surface area (TPSA) is 90.1 Å². The molecule has 1 aromatic heterocycles. The number of rotatable bonds is 2. The van der Waals surface area contributed by atoms with E-state index in [2.05, 4.69) is 17.2 Å². The van der Waals surface area contributed by atoms with Crippen molar-refractivity contribution in [2.75, 3.05) is 24.6 Å². The molecule has 0 radical (unpaired) electrons. The fraction of sp³-hybridized carbons (Fsp3) is 0.462. The van der Waals surface area contributed by atoms with Crippen molar-refractivity contribution in [2.24, 2.45) is 5.92 Å². The van der Waals surface area contributed by atoms with E-state index in [9.17, 15) is 0 Å². The van der Waals surface area contributed by atoms with Gasteiger partial charge in [0.1, 0.15) is 5.52 Å². The van der Waals surface area contributed by atoms with Gasteiger partial charge < -0.3 is 21.2 Å². The number of nitrogens with zero attached hydrogens (tertiary/aromatic N) is 1. The third-order valence-electron chi connectivity index (χ3n) is 3.91. The smallest absolute Gasteiger partial charge is 0.292 e. The summed E-state index contributed by atoms with van der Waals surface area (Å²) in [6.45, 7) is 4.31. The van der Waals surface area contributed by atoms with E-state index < -0.39 is 0 Å². The molecular weight excluding hydrogens is 228 g/mol. The van der Waals surface area contributed by atoms with Crippen LogP contribution in [0.15, 0.2) is 16.5 Å². The molecule has 1 aromatic carbocycles. The summed E-state index contributed by atoms with van der Waals surface area (Å²) in [4.78, 5) is 4.28. The van der Waals surface area contributed by atoms with E-state index in [0.29, 0.717) is 11.8 Å². The van der Waals surface area contributed by atoms with Gasteiger partial charge in [-0.05, 0) is 43.5 Å². The predicted octanol–water partition coefficient (Wildman–Crippen LogP) is 1.71. The van der Waals surface area contributed by atoms with Crippen LogP contribution in [0.1, 0.15) is 24.8 Å². The molecule has 5 N–H and O–H groups in total. The van der Waals surface area contributed by atoms with Gasteiger partial charge in [0, 0.05) is 11.3 Å². The van der Waals surface area contributed by atoms with Crippen LogP contribution < -0.4 is 16.8 Å². The molecule has 3 rings (SSSR count). The minimum absolute atomic E-state index is 0.202. The van der Waals surface area contributed by atoms with Crippen molar-refractivity contribution in [2.45, 2.75) is 19.3 Å². The molecule has 0 aliphatic carbocycles. The van der Waals surface area contributed by atoms with Crippen LogP contribution in [0.25, 0.3) is 11.1 Å². The number of nitrogens with one attached hydrogen (secondary N) is 1. The van der Waals surface area contributed by atoms with Gasteiger partial charge in [-0.3, -0.25) is 0 Å². The second-order valence-electron chi connectivity index (χ2n) is 5.01. The summed E-state index contributed by atoms with van der Waals surface area (Å²) in [5, 5.41) is 3.39. The number of benzene rings is 1. The number of fused-ring (bicyclic) bond motifs is 1.